The number of carbonyl (C=O) groups excluding carboxylic acids is 2. The number of para-hydroxylation sites is 1. The number of nitrogens with one attached hydrogen (secondary N) is 3. The predicted molar refractivity (Wildman–Crippen MR) is 167 cm³/mol. The van der Waals surface area contributed by atoms with E-state index in [1.807, 2.05) is 56.3 Å². The highest BCUT2D eigenvalue weighted by molar-refractivity contribution is 7.13. The van der Waals surface area contributed by atoms with Gasteiger partial charge in [0.15, 0.2) is 12.0 Å². The predicted octanol–water partition coefficient (Wildman–Crippen LogP) is 3.64. The second-order valence-electron chi connectivity index (χ2n) is 12.5. The van der Waals surface area contributed by atoms with Gasteiger partial charge in [0.25, 0.3) is 0 Å². The largest absolute Gasteiger partial charge is 0.469 e. The molecule has 45 heavy (non-hydrogen) atoms. The SMILES string of the molecule is CC(C)C1NC(=O)[C@@H](NC(=O)[C@@H](O)C(C)C)Cc2ccc3c(c2)C2(c4ccccc4NC2O3)c2oc1nc2-c1nc(CO)cs1. The minimum atomic E-state index is -1.27. The highest BCUT2D eigenvalue weighted by Gasteiger charge is 2.61. The van der Waals surface area contributed by atoms with Gasteiger partial charge < -0.3 is 35.3 Å². The first kappa shape index (κ1) is 29.5. The number of aliphatic hydroxyl groups excluding tert-OH is 2. The standard InChI is InChI=1S/C33H35N5O6S/c1-15(2)24-30-38-25(31-34-18(13-39)14-45-31)27(44-30)33-19-7-5-6-8-21(19)36-32(33)43-23-10-9-17(11-20(23)33)12-22(28(41)37-24)35-29(42)26(40)16(3)4/h5-11,14-16,22,24,26,32,36,39-40H,12-13H2,1-4H3,(H,35,42)(H,37,41)/t22-,24?,26-,32?,33?/m0/s1. The van der Waals surface area contributed by atoms with Gasteiger partial charge in [-0.05, 0) is 35.1 Å². The molecule has 3 aliphatic rings. The van der Waals surface area contributed by atoms with Crippen LogP contribution in [0.3, 0.4) is 0 Å². The molecule has 12 heteroatoms. The quantitative estimate of drug-likeness (QED) is 0.215. The summed E-state index contributed by atoms with van der Waals surface area (Å²) in [6, 6.07) is 12.1. The molecule has 11 nitrogen and oxygen atoms in total. The zero-order valence-electron chi connectivity index (χ0n) is 25.3. The number of rotatable bonds is 6. The summed E-state index contributed by atoms with van der Waals surface area (Å²) in [7, 11) is 0. The summed E-state index contributed by atoms with van der Waals surface area (Å²) >= 11 is 1.36. The first-order chi connectivity index (χ1) is 21.6. The van der Waals surface area contributed by atoms with E-state index in [0.29, 0.717) is 33.8 Å². The van der Waals surface area contributed by atoms with E-state index in [1.54, 1.807) is 19.2 Å². The summed E-state index contributed by atoms with van der Waals surface area (Å²) < 4.78 is 13.4. The first-order valence-corrected chi connectivity index (χ1v) is 16.0. The molecule has 3 aliphatic heterocycles. The van der Waals surface area contributed by atoms with Gasteiger partial charge in [0.2, 0.25) is 17.7 Å². The van der Waals surface area contributed by atoms with Crippen LogP contribution in [0.25, 0.3) is 10.7 Å². The normalized spacial score (nSPS) is 23.7. The molecule has 0 saturated carbocycles. The number of thiazole rings is 1. The van der Waals surface area contributed by atoms with Crippen molar-refractivity contribution in [3.63, 3.8) is 0 Å². The van der Waals surface area contributed by atoms with Crippen LogP contribution in [-0.2, 0) is 28.0 Å². The Morgan fingerprint density at radius 2 is 1.93 bits per heavy atom. The Kier molecular flexibility index (Phi) is 7.18. The van der Waals surface area contributed by atoms with E-state index in [9.17, 15) is 19.8 Å². The van der Waals surface area contributed by atoms with Crippen LogP contribution in [-0.4, -0.2) is 50.4 Å². The topological polar surface area (TPSA) is 159 Å². The third-order valence-electron chi connectivity index (χ3n) is 8.87. The Morgan fingerprint density at radius 1 is 1.13 bits per heavy atom. The van der Waals surface area contributed by atoms with Gasteiger partial charge in [-0.3, -0.25) is 9.59 Å². The third-order valence-corrected chi connectivity index (χ3v) is 9.76. The van der Waals surface area contributed by atoms with Crippen molar-refractivity contribution in [3.05, 3.63) is 81.9 Å². The van der Waals surface area contributed by atoms with E-state index in [4.69, 9.17) is 14.1 Å². The van der Waals surface area contributed by atoms with Crippen LogP contribution in [0.4, 0.5) is 5.69 Å². The number of anilines is 1. The molecule has 234 valence electrons. The highest BCUT2D eigenvalue weighted by atomic mass is 32.1. The molecule has 1 spiro atoms. The zero-order chi connectivity index (χ0) is 31.6. The smallest absolute Gasteiger partial charge is 0.249 e. The highest BCUT2D eigenvalue weighted by Crippen LogP contribution is 2.59. The van der Waals surface area contributed by atoms with Gasteiger partial charge in [-0.1, -0.05) is 58.0 Å². The number of hydrogen-bond acceptors (Lipinski definition) is 10. The van der Waals surface area contributed by atoms with Gasteiger partial charge in [-0.2, -0.15) is 0 Å². The summed E-state index contributed by atoms with van der Waals surface area (Å²) in [4.78, 5) is 36.6. The monoisotopic (exact) mass is 629 g/mol. The Balaban J connectivity index is 1.48. The van der Waals surface area contributed by atoms with Crippen LogP contribution in [0.1, 0.15) is 67.8 Å². The van der Waals surface area contributed by atoms with Gasteiger partial charge in [-0.25, -0.2) is 9.97 Å². The lowest BCUT2D eigenvalue weighted by Gasteiger charge is -2.29. The molecule has 0 aliphatic carbocycles. The number of amides is 2. The summed E-state index contributed by atoms with van der Waals surface area (Å²) in [5.41, 5.74) is 3.52. The second-order valence-corrected chi connectivity index (χ2v) is 13.4. The minimum absolute atomic E-state index is 0.145. The summed E-state index contributed by atoms with van der Waals surface area (Å²) in [5.74, 6) is -0.0327. The fourth-order valence-corrected chi connectivity index (χ4v) is 7.29. The Bertz CT molecular complexity index is 1800. The molecule has 0 radical (unpaired) electrons. The van der Waals surface area contributed by atoms with Crippen molar-refractivity contribution in [2.75, 3.05) is 5.32 Å². The molecule has 2 amide bonds. The maximum atomic E-state index is 13.9. The number of benzene rings is 2. The average molecular weight is 630 g/mol. The second kappa shape index (κ2) is 11.0. The van der Waals surface area contributed by atoms with Gasteiger partial charge in [0.1, 0.15) is 40.1 Å². The Labute approximate surface area is 264 Å². The molecule has 0 fully saturated rings. The number of oxazole rings is 1. The number of fused-ring (bicyclic) bond motifs is 4. The van der Waals surface area contributed by atoms with E-state index >= 15 is 0 Å². The Morgan fingerprint density at radius 3 is 2.67 bits per heavy atom. The number of carbonyl (C=O) groups is 2. The molecule has 4 aromatic rings. The molecule has 0 saturated heterocycles. The van der Waals surface area contributed by atoms with Crippen molar-refractivity contribution < 1.29 is 29.0 Å². The summed E-state index contributed by atoms with van der Waals surface area (Å²) in [6.07, 6.45) is -1.65. The van der Waals surface area contributed by atoms with Crippen molar-refractivity contribution in [1.82, 2.24) is 20.6 Å². The third kappa shape index (κ3) is 4.62. The number of ether oxygens (including phenoxy) is 1. The van der Waals surface area contributed by atoms with Gasteiger partial charge >= 0.3 is 0 Å². The van der Waals surface area contributed by atoms with E-state index in [1.165, 1.54) is 11.3 Å². The molecule has 2 aromatic carbocycles. The van der Waals surface area contributed by atoms with E-state index < -0.39 is 41.6 Å². The fraction of sp³-hybridized carbons (Fsp3) is 0.394. The summed E-state index contributed by atoms with van der Waals surface area (Å²) in [5, 5.41) is 32.1. The summed E-state index contributed by atoms with van der Waals surface area (Å²) in [6.45, 7) is 7.18. The molecule has 3 unspecified atom stereocenters. The van der Waals surface area contributed by atoms with Crippen molar-refractivity contribution in [2.45, 2.75) is 70.6 Å². The van der Waals surface area contributed by atoms with Crippen molar-refractivity contribution in [1.29, 1.82) is 0 Å². The van der Waals surface area contributed by atoms with Crippen LogP contribution in [0.2, 0.25) is 0 Å². The van der Waals surface area contributed by atoms with Crippen LogP contribution >= 0.6 is 11.3 Å². The average Bonchev–Trinajstić information content (AvgIpc) is 3.79. The van der Waals surface area contributed by atoms with E-state index in [2.05, 4.69) is 20.9 Å². The molecule has 5 atom stereocenters. The number of aliphatic hydroxyl groups is 2. The van der Waals surface area contributed by atoms with E-state index in [0.717, 1.165) is 22.4 Å². The molecule has 7 rings (SSSR count). The van der Waals surface area contributed by atoms with Crippen molar-refractivity contribution >= 4 is 28.8 Å². The van der Waals surface area contributed by atoms with Gasteiger partial charge in [0.05, 0.1) is 12.3 Å². The van der Waals surface area contributed by atoms with Crippen molar-refractivity contribution in [3.8, 4) is 16.5 Å². The van der Waals surface area contributed by atoms with Crippen LogP contribution in [0.15, 0.2) is 52.3 Å². The van der Waals surface area contributed by atoms with Crippen LogP contribution in [0.5, 0.6) is 5.75 Å². The first-order valence-electron chi connectivity index (χ1n) is 15.1. The number of aromatic nitrogens is 2. The number of hydrogen-bond donors (Lipinski definition) is 5. The lowest BCUT2D eigenvalue weighted by molar-refractivity contribution is -0.135. The van der Waals surface area contributed by atoms with Crippen LogP contribution < -0.4 is 20.7 Å². The molecule has 5 heterocycles. The van der Waals surface area contributed by atoms with Crippen molar-refractivity contribution in [2.24, 2.45) is 11.8 Å². The lowest BCUT2D eigenvalue weighted by Crippen LogP contribution is -2.52. The molecule has 4 bridgehead atoms. The minimum Gasteiger partial charge on any atom is -0.469 e. The maximum Gasteiger partial charge on any atom is 0.249 e. The molecular formula is C33H35N5O6S. The molecule has 2 aromatic heterocycles. The lowest BCUT2D eigenvalue weighted by atomic mass is 9.72. The zero-order valence-corrected chi connectivity index (χ0v) is 26.1. The van der Waals surface area contributed by atoms with Gasteiger partial charge in [0, 0.05) is 23.1 Å². The number of nitrogens with zero attached hydrogens (tertiary/aromatic N) is 2. The van der Waals surface area contributed by atoms with E-state index in [-0.39, 0.29) is 24.9 Å². The van der Waals surface area contributed by atoms with Crippen LogP contribution in [0, 0.1) is 11.8 Å². The maximum absolute atomic E-state index is 13.9. The fourth-order valence-electron chi connectivity index (χ4n) is 6.50. The molecular weight excluding hydrogens is 594 g/mol. The Hall–Kier alpha value is -4.26. The van der Waals surface area contributed by atoms with Gasteiger partial charge in [-0.15, -0.1) is 11.3 Å². The molecule has 5 N–H and O–H groups in total.